The van der Waals surface area contributed by atoms with Gasteiger partial charge in [-0.15, -0.1) is 11.8 Å². The summed E-state index contributed by atoms with van der Waals surface area (Å²) in [6.07, 6.45) is 4.99. The lowest BCUT2D eigenvalue weighted by Crippen LogP contribution is -2.36. The first-order valence-electron chi connectivity index (χ1n) is 4.84. The van der Waals surface area contributed by atoms with Crippen LogP contribution in [0.5, 0.6) is 0 Å². The average Bonchev–Trinajstić information content (AvgIpc) is 2.75. The molecule has 0 fully saturated rings. The summed E-state index contributed by atoms with van der Waals surface area (Å²) in [5, 5.41) is 21.2. The van der Waals surface area contributed by atoms with Crippen molar-refractivity contribution >= 4 is 23.6 Å². The molecule has 0 aromatic rings. The van der Waals surface area contributed by atoms with Crippen LogP contribution < -0.4 is 5.32 Å². The predicted octanol–water partition coefficient (Wildman–Crippen LogP) is 0.291. The highest BCUT2D eigenvalue weighted by molar-refractivity contribution is 8.03. The van der Waals surface area contributed by atoms with Gasteiger partial charge in [0.2, 0.25) is 0 Å². The minimum absolute atomic E-state index is 0.0174. The number of carbonyl (C=O) groups is 2. The third-order valence-electron chi connectivity index (χ3n) is 2.25. The molecule has 2 aliphatic rings. The van der Waals surface area contributed by atoms with Crippen LogP contribution in [-0.2, 0) is 9.59 Å². The second-order valence-electron chi connectivity index (χ2n) is 3.37. The Balaban J connectivity index is 2.11. The zero-order valence-electron chi connectivity index (χ0n) is 8.71. The molecule has 17 heavy (non-hydrogen) atoms. The summed E-state index contributed by atoms with van der Waals surface area (Å²) in [4.78, 5) is 22.8. The van der Waals surface area contributed by atoms with E-state index in [1.165, 1.54) is 6.08 Å². The molecule has 0 aliphatic carbocycles. The van der Waals surface area contributed by atoms with Gasteiger partial charge >= 0.3 is 5.97 Å². The SMILES string of the molecule is O=C(O)CNC(=O)C1=CC=C2SCC=C2N1O. The lowest BCUT2D eigenvalue weighted by molar-refractivity contribution is -0.138. The van der Waals surface area contributed by atoms with Gasteiger partial charge in [-0.1, -0.05) is 0 Å². The van der Waals surface area contributed by atoms with E-state index in [-0.39, 0.29) is 5.70 Å². The van der Waals surface area contributed by atoms with E-state index in [1.807, 2.05) is 0 Å². The Kier molecular flexibility index (Phi) is 3.21. The van der Waals surface area contributed by atoms with Crippen LogP contribution in [0.2, 0.25) is 0 Å². The van der Waals surface area contributed by atoms with E-state index in [1.54, 1.807) is 23.9 Å². The molecule has 0 atom stereocenters. The third-order valence-corrected chi connectivity index (χ3v) is 3.24. The summed E-state index contributed by atoms with van der Waals surface area (Å²) < 4.78 is 0. The maximum Gasteiger partial charge on any atom is 0.322 e. The Bertz CT molecular complexity index is 467. The van der Waals surface area contributed by atoms with Crippen LogP contribution in [0.3, 0.4) is 0 Å². The number of carboxylic acid groups (broad SMARTS) is 1. The van der Waals surface area contributed by atoms with E-state index in [9.17, 15) is 14.8 Å². The normalized spacial score (nSPS) is 17.9. The third kappa shape index (κ3) is 2.34. The fraction of sp³-hybridized carbons (Fsp3) is 0.200. The second kappa shape index (κ2) is 4.64. The minimum atomic E-state index is -1.13. The Morgan fingerprint density at radius 3 is 2.94 bits per heavy atom. The predicted molar refractivity (Wildman–Crippen MR) is 61.0 cm³/mol. The van der Waals surface area contributed by atoms with Crippen LogP contribution in [0.1, 0.15) is 0 Å². The summed E-state index contributed by atoms with van der Waals surface area (Å²) in [6.45, 7) is -0.478. The molecule has 3 N–H and O–H groups in total. The molecule has 1 amide bonds. The number of nitrogens with zero attached hydrogens (tertiary/aromatic N) is 1. The van der Waals surface area contributed by atoms with Crippen LogP contribution in [0.4, 0.5) is 0 Å². The minimum Gasteiger partial charge on any atom is -0.480 e. The van der Waals surface area contributed by atoms with E-state index in [0.717, 1.165) is 15.7 Å². The van der Waals surface area contributed by atoms with Gasteiger partial charge in [0.25, 0.3) is 5.91 Å². The van der Waals surface area contributed by atoms with Gasteiger partial charge in [-0.25, -0.2) is 5.06 Å². The van der Waals surface area contributed by atoms with Crippen molar-refractivity contribution in [3.05, 3.63) is 34.5 Å². The summed E-state index contributed by atoms with van der Waals surface area (Å²) in [5.41, 5.74) is 0.585. The molecule has 2 heterocycles. The number of hydrogen-bond donors (Lipinski definition) is 3. The number of nitrogens with one attached hydrogen (secondary N) is 1. The first-order chi connectivity index (χ1) is 8.09. The molecule has 0 unspecified atom stereocenters. The molecule has 0 saturated carbocycles. The Hall–Kier alpha value is -1.73. The smallest absolute Gasteiger partial charge is 0.322 e. The van der Waals surface area contributed by atoms with E-state index in [4.69, 9.17) is 5.11 Å². The van der Waals surface area contributed by atoms with E-state index in [0.29, 0.717) is 5.70 Å². The van der Waals surface area contributed by atoms with Gasteiger partial charge in [-0.05, 0) is 18.2 Å². The summed E-state index contributed by atoms with van der Waals surface area (Å²) in [5.74, 6) is -1.01. The number of hydrogen-bond acceptors (Lipinski definition) is 5. The number of hydroxylamine groups is 2. The van der Waals surface area contributed by atoms with Crippen LogP contribution in [-0.4, -0.2) is 39.6 Å². The monoisotopic (exact) mass is 254 g/mol. The highest BCUT2D eigenvalue weighted by Crippen LogP contribution is 2.36. The largest absolute Gasteiger partial charge is 0.480 e. The molecular weight excluding hydrogens is 244 g/mol. The number of thioether (sulfide) groups is 1. The van der Waals surface area contributed by atoms with E-state index in [2.05, 4.69) is 5.32 Å². The van der Waals surface area contributed by atoms with Gasteiger partial charge in [-0.3, -0.25) is 14.8 Å². The lowest BCUT2D eigenvalue weighted by Gasteiger charge is -2.23. The number of carbonyl (C=O) groups excluding carboxylic acids is 1. The maximum absolute atomic E-state index is 11.6. The number of allylic oxidation sites excluding steroid dienone is 2. The molecule has 0 spiro atoms. The number of carboxylic acids is 1. The fourth-order valence-electron chi connectivity index (χ4n) is 1.48. The average molecular weight is 254 g/mol. The second-order valence-corrected chi connectivity index (χ2v) is 4.43. The molecule has 0 aromatic carbocycles. The van der Waals surface area contributed by atoms with Crippen molar-refractivity contribution in [2.45, 2.75) is 0 Å². The van der Waals surface area contributed by atoms with Crippen LogP contribution in [0.15, 0.2) is 34.5 Å². The first-order valence-corrected chi connectivity index (χ1v) is 5.82. The molecule has 0 bridgehead atoms. The van der Waals surface area contributed by atoms with Gasteiger partial charge in [0.05, 0.1) is 5.70 Å². The molecule has 7 heteroatoms. The topological polar surface area (TPSA) is 89.9 Å². The number of aliphatic carboxylic acids is 1. The summed E-state index contributed by atoms with van der Waals surface area (Å²) in [6, 6.07) is 0. The molecular formula is C10H10N2O4S. The van der Waals surface area contributed by atoms with Crippen molar-refractivity contribution in [1.82, 2.24) is 10.4 Å². The van der Waals surface area contributed by atoms with Crippen molar-refractivity contribution in [2.24, 2.45) is 0 Å². The highest BCUT2D eigenvalue weighted by atomic mass is 32.2. The highest BCUT2D eigenvalue weighted by Gasteiger charge is 2.27. The number of amides is 1. The Morgan fingerprint density at radius 2 is 2.24 bits per heavy atom. The first kappa shape index (κ1) is 11.7. The van der Waals surface area contributed by atoms with E-state index >= 15 is 0 Å². The van der Waals surface area contributed by atoms with Crippen molar-refractivity contribution < 1.29 is 19.9 Å². The van der Waals surface area contributed by atoms with Crippen molar-refractivity contribution in [3.63, 3.8) is 0 Å². The van der Waals surface area contributed by atoms with Crippen LogP contribution in [0, 0.1) is 0 Å². The quantitative estimate of drug-likeness (QED) is 0.670. The fourth-order valence-corrected chi connectivity index (χ4v) is 2.39. The van der Waals surface area contributed by atoms with Gasteiger partial charge in [-0.2, -0.15) is 0 Å². The molecule has 90 valence electrons. The van der Waals surface area contributed by atoms with E-state index < -0.39 is 18.4 Å². The van der Waals surface area contributed by atoms with Crippen molar-refractivity contribution in [2.75, 3.05) is 12.3 Å². The summed E-state index contributed by atoms with van der Waals surface area (Å²) >= 11 is 1.56. The van der Waals surface area contributed by atoms with Crippen molar-refractivity contribution in [1.29, 1.82) is 0 Å². The van der Waals surface area contributed by atoms with Gasteiger partial charge in [0, 0.05) is 10.7 Å². The lowest BCUT2D eigenvalue weighted by atomic mass is 10.2. The number of fused-ring (bicyclic) bond motifs is 1. The Morgan fingerprint density at radius 1 is 1.47 bits per heavy atom. The van der Waals surface area contributed by atoms with Crippen LogP contribution >= 0.6 is 11.8 Å². The molecule has 6 nitrogen and oxygen atoms in total. The Labute approximate surface area is 101 Å². The van der Waals surface area contributed by atoms with Gasteiger partial charge in [0.15, 0.2) is 0 Å². The van der Waals surface area contributed by atoms with Crippen LogP contribution in [0.25, 0.3) is 0 Å². The van der Waals surface area contributed by atoms with Gasteiger partial charge in [0.1, 0.15) is 12.2 Å². The molecule has 0 radical (unpaired) electrons. The standard InChI is InChI=1S/C10H10N2O4S/c13-9(14)5-11-10(15)7-1-2-8-6(12(7)16)3-4-17-8/h1-3,16H,4-5H2,(H,11,15)(H,13,14). The zero-order chi connectivity index (χ0) is 12.4. The molecule has 0 aromatic heterocycles. The molecule has 2 aliphatic heterocycles. The number of rotatable bonds is 3. The maximum atomic E-state index is 11.6. The van der Waals surface area contributed by atoms with Crippen molar-refractivity contribution in [3.8, 4) is 0 Å². The van der Waals surface area contributed by atoms with Gasteiger partial charge < -0.3 is 10.4 Å². The molecule has 2 rings (SSSR count). The molecule has 0 saturated heterocycles. The summed E-state index contributed by atoms with van der Waals surface area (Å²) in [7, 11) is 0. The zero-order valence-corrected chi connectivity index (χ0v) is 9.53.